The van der Waals surface area contributed by atoms with E-state index in [1.165, 1.54) is 41.3 Å². The first-order valence-electron chi connectivity index (χ1n) is 13.0. The van der Waals surface area contributed by atoms with Gasteiger partial charge in [0.15, 0.2) is 6.10 Å². The molecule has 1 aliphatic heterocycles. The van der Waals surface area contributed by atoms with Crippen LogP contribution in [0.1, 0.15) is 30.6 Å². The number of nitrogens with zero attached hydrogens (tertiary/aromatic N) is 4. The van der Waals surface area contributed by atoms with Crippen LogP contribution in [0, 0.1) is 5.92 Å². The van der Waals surface area contributed by atoms with Crippen LogP contribution >= 0.6 is 0 Å². The molecule has 0 spiro atoms. The van der Waals surface area contributed by atoms with Crippen molar-refractivity contribution in [3.05, 3.63) is 65.7 Å². The average Bonchev–Trinajstić information content (AvgIpc) is 3.60. The summed E-state index contributed by atoms with van der Waals surface area (Å²) in [5.41, 5.74) is -0.892. The fourth-order valence-electron chi connectivity index (χ4n) is 4.49. The summed E-state index contributed by atoms with van der Waals surface area (Å²) in [4.78, 5) is 41.1. The molecule has 2 unspecified atom stereocenters. The third kappa shape index (κ3) is 6.25. The zero-order valence-corrected chi connectivity index (χ0v) is 22.4. The van der Waals surface area contributed by atoms with Gasteiger partial charge in [0.2, 0.25) is 17.5 Å². The molecule has 0 bridgehead atoms. The van der Waals surface area contributed by atoms with Crippen LogP contribution in [0.3, 0.4) is 0 Å². The zero-order valence-electron chi connectivity index (χ0n) is 22.4. The number of hydrogen-bond donors (Lipinski definition) is 3. The van der Waals surface area contributed by atoms with E-state index in [4.69, 9.17) is 14.2 Å². The first-order chi connectivity index (χ1) is 20.4. The summed E-state index contributed by atoms with van der Waals surface area (Å²) in [5.74, 6) is -3.99. The lowest BCUT2D eigenvalue weighted by molar-refractivity contribution is -0.153. The number of halogens is 3. The minimum atomic E-state index is -4.84. The van der Waals surface area contributed by atoms with Crippen LogP contribution in [0.4, 0.5) is 13.2 Å². The van der Waals surface area contributed by atoms with E-state index in [0.29, 0.717) is 5.56 Å². The number of rotatable bonds is 9. The Hall–Kier alpha value is -5.05. The Morgan fingerprint density at radius 1 is 1.02 bits per heavy atom. The molecule has 0 radical (unpaired) electrons. The summed E-state index contributed by atoms with van der Waals surface area (Å²) in [6, 6.07) is 12.7. The number of amides is 2. The highest BCUT2D eigenvalue weighted by Crippen LogP contribution is 2.43. The second-order valence-corrected chi connectivity index (χ2v) is 9.99. The lowest BCUT2D eigenvalue weighted by atomic mass is 9.99. The molecular formula is C28H24F3N5O7. The predicted octanol–water partition coefficient (Wildman–Crippen LogP) is 3.55. The largest absolute Gasteiger partial charge is 0.481 e. The van der Waals surface area contributed by atoms with E-state index in [9.17, 15) is 32.7 Å². The van der Waals surface area contributed by atoms with E-state index < -0.39 is 59.0 Å². The van der Waals surface area contributed by atoms with Crippen LogP contribution in [0.25, 0.3) is 34.3 Å². The van der Waals surface area contributed by atoms with Crippen molar-refractivity contribution >= 4 is 17.8 Å². The van der Waals surface area contributed by atoms with Crippen LogP contribution in [0.2, 0.25) is 0 Å². The minimum absolute atomic E-state index is 0.0714. The zero-order chi connectivity index (χ0) is 30.9. The summed E-state index contributed by atoms with van der Waals surface area (Å²) in [6.45, 7) is 1.81. The fourth-order valence-corrected chi connectivity index (χ4v) is 4.49. The molecule has 5 rings (SSSR count). The van der Waals surface area contributed by atoms with Crippen LogP contribution in [0.5, 0.6) is 0 Å². The van der Waals surface area contributed by atoms with Gasteiger partial charge in [-0.3, -0.25) is 14.4 Å². The number of nitrogens with one attached hydrogen (secondary N) is 1. The summed E-state index contributed by atoms with van der Waals surface area (Å²) < 4.78 is 52.0. The number of benzene rings is 2. The Kier molecular flexibility index (Phi) is 8.00. The molecule has 2 amide bonds. The number of carbonyl (C=O) groups is 3. The van der Waals surface area contributed by atoms with Crippen LogP contribution in [-0.4, -0.2) is 67.3 Å². The van der Waals surface area contributed by atoms with Gasteiger partial charge in [0.05, 0.1) is 5.92 Å². The van der Waals surface area contributed by atoms with Gasteiger partial charge in [-0.25, -0.2) is 0 Å². The quantitative estimate of drug-likeness (QED) is 0.258. The number of carboxylic acid groups (broad SMARTS) is 1. The number of likely N-dealkylation sites (tertiary alicyclic amines) is 1. The maximum Gasteiger partial charge on any atom is 0.422 e. The van der Waals surface area contributed by atoms with E-state index in [0.717, 1.165) is 0 Å². The number of aliphatic carboxylic acids is 1. The molecule has 15 heteroatoms. The molecule has 43 heavy (non-hydrogen) atoms. The van der Waals surface area contributed by atoms with Crippen molar-refractivity contribution in [1.82, 2.24) is 25.5 Å². The van der Waals surface area contributed by atoms with E-state index in [1.807, 2.05) is 0 Å². The minimum Gasteiger partial charge on any atom is -0.481 e. The SMILES string of the molecule is CC(CC(=O)N1CC(C(=O)O)C1)NC(=O)C(O)c1ccc(-c2noc(-c3onc(-c4ccccc4)c3C(F)(F)F)n2)cc1. The monoisotopic (exact) mass is 599 g/mol. The first-order valence-corrected chi connectivity index (χ1v) is 13.0. The average molecular weight is 600 g/mol. The van der Waals surface area contributed by atoms with E-state index in [-0.39, 0.29) is 42.4 Å². The first kappa shape index (κ1) is 29.4. The standard InChI is InChI=1S/C28H24F3N5O7/c1-14(11-19(37)36-12-18(13-36)27(40)41)32-25(39)22(38)16-7-9-17(10-8-16)24-33-26(43-35-24)23-20(28(29,30)31)21(34-42-23)15-5-3-2-4-6-15/h2-10,14,18,22,38H,11-13H2,1H3,(H,32,39)(H,40,41). The molecule has 2 atom stereocenters. The molecule has 0 aliphatic carbocycles. The molecule has 1 fully saturated rings. The third-order valence-electron chi connectivity index (χ3n) is 6.83. The van der Waals surface area contributed by atoms with Crippen molar-refractivity contribution in [2.75, 3.05) is 13.1 Å². The Morgan fingerprint density at radius 2 is 1.70 bits per heavy atom. The Morgan fingerprint density at radius 3 is 2.33 bits per heavy atom. The van der Waals surface area contributed by atoms with Crippen molar-refractivity contribution in [3.8, 4) is 34.3 Å². The normalized spacial score (nSPS) is 15.0. The highest BCUT2D eigenvalue weighted by Gasteiger charge is 2.43. The smallest absolute Gasteiger partial charge is 0.422 e. The van der Waals surface area contributed by atoms with Crippen molar-refractivity contribution < 1.29 is 46.8 Å². The Bertz CT molecular complexity index is 1630. The van der Waals surface area contributed by atoms with Gasteiger partial charge in [-0.2, -0.15) is 18.2 Å². The van der Waals surface area contributed by atoms with Gasteiger partial charge in [0.25, 0.3) is 11.8 Å². The molecule has 4 aromatic rings. The highest BCUT2D eigenvalue weighted by atomic mass is 19.4. The van der Waals surface area contributed by atoms with E-state index >= 15 is 0 Å². The van der Waals surface area contributed by atoms with Gasteiger partial charge in [-0.15, -0.1) is 0 Å². The van der Waals surface area contributed by atoms with Crippen LogP contribution < -0.4 is 5.32 Å². The number of aliphatic hydroxyl groups is 1. The Balaban J connectivity index is 1.24. The van der Waals surface area contributed by atoms with Gasteiger partial charge in [-0.1, -0.05) is 64.9 Å². The van der Waals surface area contributed by atoms with E-state index in [2.05, 4.69) is 20.6 Å². The third-order valence-corrected chi connectivity index (χ3v) is 6.83. The molecule has 224 valence electrons. The molecule has 0 saturated carbocycles. The van der Waals surface area contributed by atoms with Crippen molar-refractivity contribution in [2.45, 2.75) is 31.7 Å². The lowest BCUT2D eigenvalue weighted by Crippen LogP contribution is -2.54. The van der Waals surface area contributed by atoms with Gasteiger partial charge in [0, 0.05) is 36.7 Å². The number of carbonyl (C=O) groups excluding carboxylic acids is 2. The second-order valence-electron chi connectivity index (χ2n) is 9.99. The molecule has 12 nitrogen and oxygen atoms in total. The molecular weight excluding hydrogens is 575 g/mol. The number of hydrogen-bond acceptors (Lipinski definition) is 9. The van der Waals surface area contributed by atoms with Crippen molar-refractivity contribution in [1.29, 1.82) is 0 Å². The number of carboxylic acids is 1. The topological polar surface area (TPSA) is 172 Å². The predicted molar refractivity (Wildman–Crippen MR) is 141 cm³/mol. The fraction of sp³-hybridized carbons (Fsp3) is 0.286. The molecule has 3 N–H and O–H groups in total. The summed E-state index contributed by atoms with van der Waals surface area (Å²) >= 11 is 0. The highest BCUT2D eigenvalue weighted by molar-refractivity contribution is 5.84. The summed E-state index contributed by atoms with van der Waals surface area (Å²) in [7, 11) is 0. The number of aromatic nitrogens is 3. The number of aliphatic hydroxyl groups excluding tert-OH is 1. The maximum atomic E-state index is 14.0. The number of alkyl halides is 3. The second kappa shape index (κ2) is 11.7. The van der Waals surface area contributed by atoms with Crippen molar-refractivity contribution in [3.63, 3.8) is 0 Å². The van der Waals surface area contributed by atoms with Crippen molar-refractivity contribution in [2.24, 2.45) is 5.92 Å². The van der Waals surface area contributed by atoms with Crippen LogP contribution in [-0.2, 0) is 20.6 Å². The van der Waals surface area contributed by atoms with Gasteiger partial charge < -0.3 is 29.5 Å². The maximum absolute atomic E-state index is 14.0. The van der Waals surface area contributed by atoms with Gasteiger partial charge in [-0.05, 0) is 12.5 Å². The van der Waals surface area contributed by atoms with Gasteiger partial charge in [0.1, 0.15) is 11.3 Å². The summed E-state index contributed by atoms with van der Waals surface area (Å²) in [5, 5.41) is 29.3. The Labute approximate surface area is 241 Å². The summed E-state index contributed by atoms with van der Waals surface area (Å²) in [6.07, 6.45) is -6.50. The molecule has 1 saturated heterocycles. The lowest BCUT2D eigenvalue weighted by Gasteiger charge is -2.37. The molecule has 2 aromatic heterocycles. The van der Waals surface area contributed by atoms with Gasteiger partial charge >= 0.3 is 12.1 Å². The molecule has 2 aromatic carbocycles. The van der Waals surface area contributed by atoms with E-state index in [1.54, 1.807) is 25.1 Å². The molecule has 3 heterocycles. The van der Waals surface area contributed by atoms with Crippen LogP contribution in [0.15, 0.2) is 63.6 Å². The molecule has 1 aliphatic rings.